The van der Waals surface area contributed by atoms with E-state index in [9.17, 15) is 9.90 Å². The average molecular weight is 422 g/mol. The molecule has 1 amide bonds. The van der Waals surface area contributed by atoms with E-state index in [-0.39, 0.29) is 17.2 Å². The van der Waals surface area contributed by atoms with Crippen molar-refractivity contribution in [2.75, 3.05) is 27.9 Å². The molecule has 1 N–H and O–H groups in total. The Morgan fingerprint density at radius 2 is 1.80 bits per heavy atom. The van der Waals surface area contributed by atoms with Crippen molar-refractivity contribution in [1.29, 1.82) is 0 Å². The summed E-state index contributed by atoms with van der Waals surface area (Å²) in [4.78, 5) is 18.3. The van der Waals surface area contributed by atoms with Gasteiger partial charge in [-0.3, -0.25) is 9.63 Å². The zero-order valence-corrected chi connectivity index (χ0v) is 19.8. The minimum Gasteiger partial charge on any atom is -0.390 e. The molecule has 4 rings (SSSR count). The van der Waals surface area contributed by atoms with Crippen LogP contribution in [-0.4, -0.2) is 49.6 Å². The van der Waals surface area contributed by atoms with Gasteiger partial charge in [0.25, 0.3) is 0 Å². The first-order chi connectivity index (χ1) is 14.2. The molecule has 8 atom stereocenters. The largest absolute Gasteiger partial charge is 0.390 e. The van der Waals surface area contributed by atoms with E-state index in [2.05, 4.69) is 6.92 Å². The van der Waals surface area contributed by atoms with Gasteiger partial charge in [0.1, 0.15) is 0 Å². The van der Waals surface area contributed by atoms with Gasteiger partial charge >= 0.3 is 0 Å². The van der Waals surface area contributed by atoms with Crippen LogP contribution in [0.2, 0.25) is 0 Å². The molecule has 0 aromatic rings. The Bertz CT molecular complexity index is 651. The molecule has 0 heterocycles. The van der Waals surface area contributed by atoms with Crippen molar-refractivity contribution in [2.45, 2.75) is 83.7 Å². The minimum atomic E-state index is -0.507. The smallest absolute Gasteiger partial charge is 0.249 e. The van der Waals surface area contributed by atoms with Crippen molar-refractivity contribution < 1.29 is 19.5 Å². The fourth-order valence-corrected chi connectivity index (χ4v) is 8.74. The summed E-state index contributed by atoms with van der Waals surface area (Å²) in [7, 11) is 5.16. The Morgan fingerprint density at radius 3 is 2.50 bits per heavy atom. The second-order valence-corrected chi connectivity index (χ2v) is 11.5. The summed E-state index contributed by atoms with van der Waals surface area (Å²) in [6, 6.07) is 0. The molecule has 5 heteroatoms. The normalized spacial score (nSPS) is 47.9. The van der Waals surface area contributed by atoms with Crippen molar-refractivity contribution >= 4 is 5.91 Å². The van der Waals surface area contributed by atoms with Gasteiger partial charge in [-0.25, -0.2) is 5.06 Å². The van der Waals surface area contributed by atoms with Crippen molar-refractivity contribution in [3.63, 3.8) is 0 Å². The molecule has 172 valence electrons. The Morgan fingerprint density at radius 1 is 1.03 bits per heavy atom. The number of hydrogen-bond acceptors (Lipinski definition) is 4. The van der Waals surface area contributed by atoms with Crippen LogP contribution in [0.4, 0.5) is 0 Å². The molecule has 4 fully saturated rings. The number of ether oxygens (including phenoxy) is 1. The first kappa shape index (κ1) is 22.5. The summed E-state index contributed by atoms with van der Waals surface area (Å²) < 4.78 is 5.59. The highest BCUT2D eigenvalue weighted by Gasteiger charge is 2.63. The van der Waals surface area contributed by atoms with Crippen LogP contribution in [0.3, 0.4) is 0 Å². The number of rotatable bonds is 5. The molecule has 4 aliphatic rings. The van der Waals surface area contributed by atoms with Gasteiger partial charge in [-0.05, 0) is 106 Å². The van der Waals surface area contributed by atoms with Gasteiger partial charge in [0.2, 0.25) is 5.91 Å². The van der Waals surface area contributed by atoms with Crippen LogP contribution in [0, 0.1) is 40.4 Å². The summed E-state index contributed by atoms with van der Waals surface area (Å²) in [5, 5.41) is 12.3. The monoisotopic (exact) mass is 421 g/mol. The maximum absolute atomic E-state index is 13.1. The second-order valence-electron chi connectivity index (χ2n) is 11.5. The van der Waals surface area contributed by atoms with E-state index >= 15 is 0 Å². The highest BCUT2D eigenvalue weighted by molar-refractivity contribution is 5.79. The van der Waals surface area contributed by atoms with Crippen LogP contribution in [0.1, 0.15) is 78.1 Å². The third-order valence-corrected chi connectivity index (χ3v) is 10.3. The molecule has 0 bridgehead atoms. The van der Waals surface area contributed by atoms with Crippen molar-refractivity contribution in [2.24, 2.45) is 40.4 Å². The molecule has 0 radical (unpaired) electrons. The topological polar surface area (TPSA) is 59.0 Å². The minimum absolute atomic E-state index is 0.0909. The molecule has 0 unspecified atom stereocenters. The predicted octanol–water partition coefficient (Wildman–Crippen LogP) is 4.43. The van der Waals surface area contributed by atoms with Crippen molar-refractivity contribution in [1.82, 2.24) is 5.06 Å². The second kappa shape index (κ2) is 8.04. The third-order valence-electron chi connectivity index (χ3n) is 10.3. The first-order valence-electron chi connectivity index (χ1n) is 12.2. The Balaban J connectivity index is 1.61. The van der Waals surface area contributed by atoms with E-state index in [1.807, 2.05) is 14.0 Å². The zero-order chi connectivity index (χ0) is 21.7. The number of aliphatic hydroxyl groups is 1. The van der Waals surface area contributed by atoms with E-state index in [0.717, 1.165) is 51.0 Å². The first-order valence-corrected chi connectivity index (χ1v) is 12.2. The number of nitrogens with zero attached hydrogens (tertiary/aromatic N) is 1. The van der Waals surface area contributed by atoms with E-state index < -0.39 is 5.60 Å². The van der Waals surface area contributed by atoms with Crippen molar-refractivity contribution in [3.05, 3.63) is 0 Å². The number of carbonyl (C=O) groups excluding carboxylic acids is 1. The highest BCUT2D eigenvalue weighted by atomic mass is 16.7. The quantitative estimate of drug-likeness (QED) is 0.667. The van der Waals surface area contributed by atoms with E-state index in [0.29, 0.717) is 23.2 Å². The Hall–Kier alpha value is -0.650. The standard InChI is InChI=1S/C25H43NO4/c1-23(28)12-13-25(14-15-29-4)17(16-23)6-7-18-19-8-9-21(22(27)26(3)30-5)24(19,2)11-10-20(18)25/h17-21,28H,6-16H2,1-5H3/t17-,18-,19-,20-,21+,23+,24-,25+/m0/s1. The van der Waals surface area contributed by atoms with Gasteiger partial charge in [-0.1, -0.05) is 6.92 Å². The lowest BCUT2D eigenvalue weighted by Crippen LogP contribution is -2.57. The van der Waals surface area contributed by atoms with Crippen LogP contribution in [0.15, 0.2) is 0 Å². The molecule has 4 saturated carbocycles. The molecule has 0 aromatic heterocycles. The summed E-state index contributed by atoms with van der Waals surface area (Å²) in [6.07, 6.45) is 11.2. The molecule has 0 saturated heterocycles. The Labute approximate surface area is 182 Å². The zero-order valence-electron chi connectivity index (χ0n) is 19.8. The lowest BCUT2D eigenvalue weighted by molar-refractivity contribution is -0.184. The molecule has 0 aliphatic heterocycles. The van der Waals surface area contributed by atoms with Crippen LogP contribution in [-0.2, 0) is 14.4 Å². The van der Waals surface area contributed by atoms with Crippen molar-refractivity contribution in [3.8, 4) is 0 Å². The molecule has 4 aliphatic carbocycles. The molecule has 0 aromatic carbocycles. The van der Waals surface area contributed by atoms with Gasteiger partial charge in [0.15, 0.2) is 0 Å². The molecule has 30 heavy (non-hydrogen) atoms. The third kappa shape index (κ3) is 3.44. The summed E-state index contributed by atoms with van der Waals surface area (Å²) in [5.41, 5.74) is -0.0960. The molecule has 5 nitrogen and oxygen atoms in total. The van der Waals surface area contributed by atoms with Crippen LogP contribution in [0.5, 0.6) is 0 Å². The van der Waals surface area contributed by atoms with E-state index in [1.165, 1.54) is 30.7 Å². The van der Waals surface area contributed by atoms with E-state index in [1.54, 1.807) is 14.2 Å². The number of amides is 1. The molecular weight excluding hydrogens is 378 g/mol. The summed E-state index contributed by atoms with van der Waals surface area (Å²) in [5.74, 6) is 2.93. The number of methoxy groups -OCH3 is 1. The van der Waals surface area contributed by atoms with Crippen LogP contribution in [0.25, 0.3) is 0 Å². The lowest BCUT2D eigenvalue weighted by atomic mass is 9.42. The number of carbonyl (C=O) groups is 1. The molecular formula is C25H43NO4. The van der Waals surface area contributed by atoms with Gasteiger partial charge in [-0.15, -0.1) is 0 Å². The SMILES string of the molecule is COCC[C@]12CC[C@@](C)(O)C[C@@H]1CC[C@H]1[C@@H]3CC[C@H](C(=O)N(C)OC)[C@@]3(C)CC[C@@H]12. The summed E-state index contributed by atoms with van der Waals surface area (Å²) >= 11 is 0. The van der Waals surface area contributed by atoms with Gasteiger partial charge in [0, 0.05) is 26.7 Å². The lowest BCUT2D eigenvalue weighted by Gasteiger charge is -2.63. The van der Waals surface area contributed by atoms with Crippen LogP contribution < -0.4 is 0 Å². The Kier molecular flexibility index (Phi) is 6.04. The van der Waals surface area contributed by atoms with Gasteiger partial charge < -0.3 is 9.84 Å². The van der Waals surface area contributed by atoms with Gasteiger partial charge in [-0.2, -0.15) is 0 Å². The fraction of sp³-hybridized carbons (Fsp3) is 0.960. The summed E-state index contributed by atoms with van der Waals surface area (Å²) in [6.45, 7) is 5.26. The van der Waals surface area contributed by atoms with E-state index in [4.69, 9.17) is 9.57 Å². The maximum Gasteiger partial charge on any atom is 0.249 e. The fourth-order valence-electron chi connectivity index (χ4n) is 8.74. The number of fused-ring (bicyclic) bond motifs is 5. The van der Waals surface area contributed by atoms with Gasteiger partial charge in [0.05, 0.1) is 12.7 Å². The molecule has 0 spiro atoms. The highest BCUT2D eigenvalue weighted by Crippen LogP contribution is 2.69. The number of hydrogen-bond donors (Lipinski definition) is 1. The average Bonchev–Trinajstić information content (AvgIpc) is 3.07. The predicted molar refractivity (Wildman–Crippen MR) is 116 cm³/mol. The van der Waals surface area contributed by atoms with Crippen LogP contribution >= 0.6 is 0 Å². The maximum atomic E-state index is 13.1. The number of hydroxylamine groups is 2.